The number of nitrogens with one attached hydrogen (secondary N) is 1. The maximum absolute atomic E-state index is 12.4. The molecule has 0 radical (unpaired) electrons. The summed E-state index contributed by atoms with van der Waals surface area (Å²) in [6.07, 6.45) is -3.22. The Labute approximate surface area is 172 Å². The summed E-state index contributed by atoms with van der Waals surface area (Å²) in [5.74, 6) is -0.0608. The van der Waals surface area contributed by atoms with Crippen LogP contribution in [0.2, 0.25) is 0 Å². The molecule has 3 rings (SSSR count). The van der Waals surface area contributed by atoms with Crippen LogP contribution in [-0.4, -0.2) is 100 Å². The molecule has 30 heavy (non-hydrogen) atoms. The summed E-state index contributed by atoms with van der Waals surface area (Å²) in [6, 6.07) is 0. The molecule has 0 aromatic carbocycles. The first-order chi connectivity index (χ1) is 14.4. The number of morpholine rings is 1. The Bertz CT molecular complexity index is 810. The molecule has 0 spiro atoms. The molecular formula is C18H26N4O8. The highest BCUT2D eigenvalue weighted by atomic mass is 16.6. The van der Waals surface area contributed by atoms with Gasteiger partial charge in [-0.15, -0.1) is 0 Å². The molecule has 2 fully saturated rings. The third-order valence-electron chi connectivity index (χ3n) is 4.96. The van der Waals surface area contributed by atoms with Crippen LogP contribution in [0.15, 0.2) is 17.6 Å². The van der Waals surface area contributed by atoms with Crippen molar-refractivity contribution in [2.45, 2.75) is 24.5 Å². The number of aliphatic hydroxyl groups excluding tert-OH is 3. The number of aromatic nitrogens is 2. The zero-order chi connectivity index (χ0) is 21.7. The normalized spacial score (nSPS) is 27.0. The third-order valence-corrected chi connectivity index (χ3v) is 4.96. The van der Waals surface area contributed by atoms with Crippen molar-refractivity contribution < 1.29 is 34.3 Å². The molecule has 2 aliphatic heterocycles. The zero-order valence-corrected chi connectivity index (χ0v) is 16.3. The van der Waals surface area contributed by atoms with E-state index in [0.29, 0.717) is 19.8 Å². The van der Waals surface area contributed by atoms with Crippen molar-refractivity contribution in [3.8, 4) is 0 Å². The summed E-state index contributed by atoms with van der Waals surface area (Å²) in [5.41, 5.74) is -0.559. The topological polar surface area (TPSA) is 156 Å². The average Bonchev–Trinajstić information content (AvgIpc) is 3.03. The Kier molecular flexibility index (Phi) is 7.53. The predicted molar refractivity (Wildman–Crippen MR) is 104 cm³/mol. The molecule has 4 atom stereocenters. The minimum absolute atomic E-state index is 0.0608. The summed E-state index contributed by atoms with van der Waals surface area (Å²) in [7, 11) is 0. The molecule has 0 saturated carbocycles. The summed E-state index contributed by atoms with van der Waals surface area (Å²) in [6.45, 7) is 6.65. The van der Waals surface area contributed by atoms with Gasteiger partial charge in [0.25, 0.3) is 0 Å². The maximum Gasteiger partial charge on any atom is 0.412 e. The Hall–Kier alpha value is -2.35. The number of ether oxygens (including phenoxy) is 3. The molecule has 1 aromatic heterocycles. The van der Waals surface area contributed by atoms with Crippen molar-refractivity contribution in [1.29, 1.82) is 0 Å². The number of carbonyl (C=O) groups excluding carboxylic acids is 1. The minimum Gasteiger partial charge on any atom is -0.448 e. The predicted octanol–water partition coefficient (Wildman–Crippen LogP) is -1.62. The standard InChI is InChI=1S/C18H26N4O8/c1-2-11-9-22(16-14(25)13(24)12(10-23)30-16)17(26)19-15(11)20-18(27)29-8-5-21-3-6-28-7-4-21/h2,9,12-14,16,23-25H,1,3-8,10H2,(H,19,20,26,27)/t12-,13-,14-,16?/m1/s1. The molecule has 3 heterocycles. The van der Waals surface area contributed by atoms with Gasteiger partial charge in [0.05, 0.1) is 19.8 Å². The van der Waals surface area contributed by atoms with Gasteiger partial charge in [-0.05, 0) is 0 Å². The van der Waals surface area contributed by atoms with Gasteiger partial charge in [-0.2, -0.15) is 4.98 Å². The Balaban J connectivity index is 1.64. The summed E-state index contributed by atoms with van der Waals surface area (Å²) < 4.78 is 16.7. The van der Waals surface area contributed by atoms with E-state index in [2.05, 4.69) is 21.8 Å². The quantitative estimate of drug-likeness (QED) is 0.400. The van der Waals surface area contributed by atoms with Gasteiger partial charge < -0.3 is 29.5 Å². The molecule has 1 amide bonds. The van der Waals surface area contributed by atoms with Gasteiger partial charge in [0.2, 0.25) is 0 Å². The Morgan fingerprint density at radius 2 is 2.10 bits per heavy atom. The largest absolute Gasteiger partial charge is 0.448 e. The average molecular weight is 426 g/mol. The second kappa shape index (κ2) is 10.1. The fourth-order valence-corrected chi connectivity index (χ4v) is 3.25. The van der Waals surface area contributed by atoms with Crippen molar-refractivity contribution in [3.05, 3.63) is 28.8 Å². The van der Waals surface area contributed by atoms with Gasteiger partial charge >= 0.3 is 11.8 Å². The van der Waals surface area contributed by atoms with Crippen LogP contribution in [-0.2, 0) is 14.2 Å². The molecule has 12 heteroatoms. The number of amides is 1. The van der Waals surface area contributed by atoms with Crippen LogP contribution in [0, 0.1) is 0 Å². The van der Waals surface area contributed by atoms with Crippen LogP contribution in [0.1, 0.15) is 11.8 Å². The first-order valence-corrected chi connectivity index (χ1v) is 9.56. The first-order valence-electron chi connectivity index (χ1n) is 9.56. The highest BCUT2D eigenvalue weighted by Crippen LogP contribution is 2.28. The molecule has 12 nitrogen and oxygen atoms in total. The molecule has 2 saturated heterocycles. The van der Waals surface area contributed by atoms with E-state index >= 15 is 0 Å². The number of anilines is 1. The van der Waals surface area contributed by atoms with Crippen molar-refractivity contribution in [3.63, 3.8) is 0 Å². The third kappa shape index (κ3) is 5.03. The van der Waals surface area contributed by atoms with Gasteiger partial charge in [0.15, 0.2) is 6.23 Å². The lowest BCUT2D eigenvalue weighted by molar-refractivity contribution is -0.0549. The number of rotatable bonds is 7. The van der Waals surface area contributed by atoms with E-state index in [1.807, 2.05) is 0 Å². The highest BCUT2D eigenvalue weighted by Gasteiger charge is 2.43. The smallest absolute Gasteiger partial charge is 0.412 e. The van der Waals surface area contributed by atoms with Gasteiger partial charge in [-0.3, -0.25) is 14.8 Å². The second-order valence-corrected chi connectivity index (χ2v) is 6.88. The van der Waals surface area contributed by atoms with E-state index in [9.17, 15) is 24.9 Å². The first kappa shape index (κ1) is 22.3. The van der Waals surface area contributed by atoms with Crippen molar-refractivity contribution in [1.82, 2.24) is 14.5 Å². The van der Waals surface area contributed by atoms with Crippen LogP contribution < -0.4 is 11.0 Å². The zero-order valence-electron chi connectivity index (χ0n) is 16.3. The monoisotopic (exact) mass is 426 g/mol. The second-order valence-electron chi connectivity index (χ2n) is 6.88. The Morgan fingerprint density at radius 3 is 2.73 bits per heavy atom. The highest BCUT2D eigenvalue weighted by molar-refractivity contribution is 5.85. The van der Waals surface area contributed by atoms with Crippen LogP contribution in [0.3, 0.4) is 0 Å². The number of carbonyl (C=O) groups is 1. The van der Waals surface area contributed by atoms with Gasteiger partial charge in [-0.25, -0.2) is 9.59 Å². The molecule has 0 bridgehead atoms. The number of aliphatic hydroxyl groups is 3. The summed E-state index contributed by atoms with van der Waals surface area (Å²) >= 11 is 0. The fraction of sp³-hybridized carbons (Fsp3) is 0.611. The van der Waals surface area contributed by atoms with E-state index < -0.39 is 42.9 Å². The van der Waals surface area contributed by atoms with Crippen molar-refractivity contribution >= 4 is 18.0 Å². The molecule has 0 aliphatic carbocycles. The van der Waals surface area contributed by atoms with E-state index in [1.165, 1.54) is 12.3 Å². The van der Waals surface area contributed by atoms with Gasteiger partial charge in [-0.1, -0.05) is 12.7 Å². The molecule has 1 unspecified atom stereocenters. The lowest BCUT2D eigenvalue weighted by atomic mass is 10.1. The van der Waals surface area contributed by atoms with Crippen LogP contribution in [0.25, 0.3) is 6.08 Å². The molecular weight excluding hydrogens is 400 g/mol. The van der Waals surface area contributed by atoms with Crippen molar-refractivity contribution in [2.24, 2.45) is 0 Å². The molecule has 1 aromatic rings. The maximum atomic E-state index is 12.4. The van der Waals surface area contributed by atoms with Crippen LogP contribution >= 0.6 is 0 Å². The van der Waals surface area contributed by atoms with E-state index in [4.69, 9.17) is 14.2 Å². The van der Waals surface area contributed by atoms with Crippen molar-refractivity contribution in [2.75, 3.05) is 51.4 Å². The van der Waals surface area contributed by atoms with E-state index in [0.717, 1.165) is 17.7 Å². The fourth-order valence-electron chi connectivity index (χ4n) is 3.25. The SMILES string of the molecule is C=Cc1cn(C2O[C@H](CO)[C@@H](O)[C@H]2O)c(=O)nc1NC(=O)OCCN1CCOCC1. The number of nitrogens with zero attached hydrogens (tertiary/aromatic N) is 3. The van der Waals surface area contributed by atoms with Gasteiger partial charge in [0.1, 0.15) is 30.7 Å². The minimum atomic E-state index is -1.44. The Morgan fingerprint density at radius 1 is 1.37 bits per heavy atom. The molecule has 2 aliphatic rings. The lowest BCUT2D eigenvalue weighted by Gasteiger charge is -2.26. The lowest BCUT2D eigenvalue weighted by Crippen LogP contribution is -2.38. The number of hydrogen-bond acceptors (Lipinski definition) is 10. The summed E-state index contributed by atoms with van der Waals surface area (Å²) in [5, 5.41) is 31.6. The van der Waals surface area contributed by atoms with E-state index in [-0.39, 0.29) is 18.0 Å². The van der Waals surface area contributed by atoms with Crippen LogP contribution in [0.4, 0.5) is 10.6 Å². The van der Waals surface area contributed by atoms with Crippen LogP contribution in [0.5, 0.6) is 0 Å². The van der Waals surface area contributed by atoms with Gasteiger partial charge in [0, 0.05) is 31.4 Å². The number of hydrogen-bond donors (Lipinski definition) is 4. The molecule has 166 valence electrons. The molecule has 4 N–H and O–H groups in total. The summed E-state index contributed by atoms with van der Waals surface area (Å²) in [4.78, 5) is 30.4. The van der Waals surface area contributed by atoms with E-state index in [1.54, 1.807) is 0 Å².